The molecule has 1 atom stereocenters. The lowest BCUT2D eigenvalue weighted by molar-refractivity contribution is -0.140. The average Bonchev–Trinajstić information content (AvgIpc) is 2.73. The number of rotatable bonds is 6. The third-order valence-electron chi connectivity index (χ3n) is 2.48. The summed E-state index contributed by atoms with van der Waals surface area (Å²) in [6.07, 6.45) is 2.53. The molecule has 1 aromatic heterocycles. The number of carbonyl (C=O) groups is 1. The summed E-state index contributed by atoms with van der Waals surface area (Å²) in [5.41, 5.74) is 5.89. The van der Waals surface area contributed by atoms with Gasteiger partial charge in [-0.1, -0.05) is 6.92 Å². The first-order valence-electron chi connectivity index (χ1n) is 5.55. The minimum atomic E-state index is -0.218. The fraction of sp³-hybridized carbons (Fsp3) is 0.583. The lowest BCUT2D eigenvalue weighted by Gasteiger charge is -2.08. The van der Waals surface area contributed by atoms with Crippen molar-refractivity contribution in [2.24, 2.45) is 5.73 Å². The molecule has 1 rings (SSSR count). The van der Waals surface area contributed by atoms with E-state index >= 15 is 0 Å². The van der Waals surface area contributed by atoms with Gasteiger partial charge < -0.3 is 14.9 Å². The molecule has 0 bridgehead atoms. The van der Waals surface area contributed by atoms with Crippen LogP contribution in [0.3, 0.4) is 0 Å². The van der Waals surface area contributed by atoms with Gasteiger partial charge in [-0.15, -0.1) is 0 Å². The lowest BCUT2D eigenvalue weighted by Crippen LogP contribution is -2.23. The largest absolute Gasteiger partial charge is 0.469 e. The van der Waals surface area contributed by atoms with Gasteiger partial charge in [0, 0.05) is 25.3 Å². The highest BCUT2D eigenvalue weighted by Crippen LogP contribution is 2.11. The number of hydrogen-bond acceptors (Lipinski definition) is 4. The zero-order chi connectivity index (χ0) is 12.0. The van der Waals surface area contributed by atoms with E-state index in [1.165, 1.54) is 7.11 Å². The van der Waals surface area contributed by atoms with Gasteiger partial charge in [0.05, 0.1) is 7.11 Å². The molecule has 0 aliphatic heterocycles. The molecule has 0 aliphatic carbocycles. The summed E-state index contributed by atoms with van der Waals surface area (Å²) in [4.78, 5) is 10.9. The molecule has 0 spiro atoms. The first-order valence-corrected chi connectivity index (χ1v) is 5.55. The fourth-order valence-corrected chi connectivity index (χ4v) is 1.49. The molecule has 0 radical (unpaired) electrons. The number of furan rings is 1. The maximum Gasteiger partial charge on any atom is 0.305 e. The van der Waals surface area contributed by atoms with E-state index < -0.39 is 0 Å². The van der Waals surface area contributed by atoms with Crippen molar-refractivity contribution in [1.82, 2.24) is 0 Å². The van der Waals surface area contributed by atoms with Crippen molar-refractivity contribution >= 4 is 5.97 Å². The number of nitrogens with two attached hydrogens (primary N) is 1. The van der Waals surface area contributed by atoms with Crippen LogP contribution in [0.2, 0.25) is 0 Å². The second-order valence-corrected chi connectivity index (χ2v) is 3.80. The maximum absolute atomic E-state index is 10.9. The molecule has 0 fully saturated rings. The van der Waals surface area contributed by atoms with Gasteiger partial charge in [0.2, 0.25) is 0 Å². The monoisotopic (exact) mass is 225 g/mol. The van der Waals surface area contributed by atoms with Crippen molar-refractivity contribution in [3.63, 3.8) is 0 Å². The predicted octanol–water partition coefficient (Wildman–Crippen LogP) is 1.66. The molecule has 1 unspecified atom stereocenters. The third kappa shape index (κ3) is 4.06. The Morgan fingerprint density at radius 2 is 2.19 bits per heavy atom. The molecule has 0 aromatic carbocycles. The Bertz CT molecular complexity index is 333. The van der Waals surface area contributed by atoms with E-state index in [2.05, 4.69) is 4.74 Å². The van der Waals surface area contributed by atoms with Crippen LogP contribution in [0.15, 0.2) is 16.5 Å². The lowest BCUT2D eigenvalue weighted by atomic mass is 10.1. The molecule has 0 saturated heterocycles. The highest BCUT2D eigenvalue weighted by atomic mass is 16.5. The summed E-state index contributed by atoms with van der Waals surface area (Å²) >= 11 is 0. The second kappa shape index (κ2) is 6.33. The molecule has 2 N–H and O–H groups in total. The van der Waals surface area contributed by atoms with Crippen molar-refractivity contribution in [3.05, 3.63) is 23.7 Å². The van der Waals surface area contributed by atoms with Gasteiger partial charge in [-0.25, -0.2) is 0 Å². The number of carbonyl (C=O) groups excluding carboxylic acids is 1. The van der Waals surface area contributed by atoms with Crippen molar-refractivity contribution in [2.75, 3.05) is 7.11 Å². The van der Waals surface area contributed by atoms with Crippen molar-refractivity contribution in [1.29, 1.82) is 0 Å². The minimum Gasteiger partial charge on any atom is -0.469 e. The molecule has 1 heterocycles. The molecule has 4 heteroatoms. The van der Waals surface area contributed by atoms with Gasteiger partial charge in [-0.05, 0) is 18.6 Å². The zero-order valence-electron chi connectivity index (χ0n) is 9.86. The SMILES string of the molecule is CCc1ccc(CC(N)CCC(=O)OC)o1. The van der Waals surface area contributed by atoms with E-state index in [-0.39, 0.29) is 12.0 Å². The first kappa shape index (κ1) is 12.8. The standard InChI is InChI=1S/C12H19NO3/c1-3-10-5-6-11(16-10)8-9(13)4-7-12(14)15-2/h5-6,9H,3-4,7-8,13H2,1-2H3. The highest BCUT2D eigenvalue weighted by molar-refractivity contribution is 5.69. The number of esters is 1. The third-order valence-corrected chi connectivity index (χ3v) is 2.48. The molecule has 90 valence electrons. The number of ether oxygens (including phenoxy) is 1. The average molecular weight is 225 g/mol. The van der Waals surface area contributed by atoms with E-state index in [0.29, 0.717) is 19.3 Å². The Labute approximate surface area is 95.8 Å². The van der Waals surface area contributed by atoms with Gasteiger partial charge in [-0.2, -0.15) is 0 Å². The van der Waals surface area contributed by atoms with Crippen molar-refractivity contribution in [2.45, 2.75) is 38.6 Å². The highest BCUT2D eigenvalue weighted by Gasteiger charge is 2.10. The second-order valence-electron chi connectivity index (χ2n) is 3.80. The molecule has 16 heavy (non-hydrogen) atoms. The molecular formula is C12H19NO3. The van der Waals surface area contributed by atoms with E-state index in [0.717, 1.165) is 17.9 Å². The molecule has 1 aromatic rings. The summed E-state index contributed by atoms with van der Waals surface area (Å²) in [6, 6.07) is 3.84. The van der Waals surface area contributed by atoms with Gasteiger partial charge >= 0.3 is 5.97 Å². The van der Waals surface area contributed by atoms with Crippen molar-refractivity contribution in [3.8, 4) is 0 Å². The predicted molar refractivity (Wildman–Crippen MR) is 61.0 cm³/mol. The van der Waals surface area contributed by atoms with Crippen LogP contribution in [0.25, 0.3) is 0 Å². The Hall–Kier alpha value is -1.29. The number of methoxy groups -OCH3 is 1. The molecule has 0 aliphatic rings. The summed E-state index contributed by atoms with van der Waals surface area (Å²) in [6.45, 7) is 2.04. The normalized spacial score (nSPS) is 12.4. The first-order chi connectivity index (χ1) is 7.65. The quantitative estimate of drug-likeness (QED) is 0.748. The maximum atomic E-state index is 10.9. The van der Waals surface area contributed by atoms with E-state index in [9.17, 15) is 4.79 Å². The number of hydrogen-bond donors (Lipinski definition) is 1. The van der Waals surface area contributed by atoms with E-state index in [4.69, 9.17) is 10.2 Å². The minimum absolute atomic E-state index is 0.0602. The Morgan fingerprint density at radius 3 is 2.75 bits per heavy atom. The molecular weight excluding hydrogens is 206 g/mol. The van der Waals surface area contributed by atoms with Crippen LogP contribution >= 0.6 is 0 Å². The summed E-state index contributed by atoms with van der Waals surface area (Å²) in [7, 11) is 1.38. The van der Waals surface area contributed by atoms with Crippen LogP contribution in [0.1, 0.15) is 31.3 Å². The van der Waals surface area contributed by atoms with E-state index in [1.54, 1.807) is 0 Å². The van der Waals surface area contributed by atoms with Gasteiger partial charge in [-0.3, -0.25) is 4.79 Å². The summed E-state index contributed by atoms with van der Waals surface area (Å²) in [5, 5.41) is 0. The molecule has 4 nitrogen and oxygen atoms in total. The van der Waals surface area contributed by atoms with Crippen LogP contribution in [-0.2, 0) is 22.4 Å². The van der Waals surface area contributed by atoms with Gasteiger partial charge in [0.25, 0.3) is 0 Å². The smallest absolute Gasteiger partial charge is 0.305 e. The van der Waals surface area contributed by atoms with Gasteiger partial charge in [0.15, 0.2) is 0 Å². The van der Waals surface area contributed by atoms with Gasteiger partial charge in [0.1, 0.15) is 11.5 Å². The molecule has 0 saturated carbocycles. The fourth-order valence-electron chi connectivity index (χ4n) is 1.49. The Kier molecular flexibility index (Phi) is 5.05. The summed E-state index contributed by atoms with van der Waals surface area (Å²) in [5.74, 6) is 1.63. The molecule has 0 amide bonds. The Morgan fingerprint density at radius 1 is 1.50 bits per heavy atom. The number of aryl methyl sites for hydroxylation is 1. The topological polar surface area (TPSA) is 65.5 Å². The van der Waals surface area contributed by atoms with Crippen LogP contribution in [0.4, 0.5) is 0 Å². The van der Waals surface area contributed by atoms with Crippen LogP contribution in [0.5, 0.6) is 0 Å². The Balaban J connectivity index is 2.33. The van der Waals surface area contributed by atoms with Crippen LogP contribution in [-0.4, -0.2) is 19.1 Å². The van der Waals surface area contributed by atoms with Crippen molar-refractivity contribution < 1.29 is 13.9 Å². The van der Waals surface area contributed by atoms with Crippen LogP contribution in [0, 0.1) is 0 Å². The summed E-state index contributed by atoms with van der Waals surface area (Å²) < 4.78 is 10.1. The zero-order valence-corrected chi connectivity index (χ0v) is 9.86. The van der Waals surface area contributed by atoms with Crippen LogP contribution < -0.4 is 5.73 Å². The van der Waals surface area contributed by atoms with E-state index in [1.807, 2.05) is 19.1 Å².